The summed E-state index contributed by atoms with van der Waals surface area (Å²) >= 11 is 1.41. The molecule has 5 heterocycles. The molecule has 0 aliphatic carbocycles. The molecule has 1 unspecified atom stereocenters. The Balaban J connectivity index is 1.02. The number of methoxy groups -OCH3 is 2. The zero-order valence-corrected chi connectivity index (χ0v) is 30.4. The van der Waals surface area contributed by atoms with Crippen molar-refractivity contribution in [2.24, 2.45) is 7.05 Å². The van der Waals surface area contributed by atoms with Crippen LogP contribution in [-0.2, 0) is 24.9 Å². The number of carbonyl (C=O) groups is 1. The van der Waals surface area contributed by atoms with Crippen molar-refractivity contribution in [1.29, 1.82) is 5.26 Å². The summed E-state index contributed by atoms with van der Waals surface area (Å²) in [6, 6.07) is 16.5. The van der Waals surface area contributed by atoms with Crippen molar-refractivity contribution < 1.29 is 14.3 Å². The molecule has 2 aromatic carbocycles. The first-order chi connectivity index (χ1) is 25.4. The zero-order chi connectivity index (χ0) is 36.2. The number of nitriles is 1. The summed E-state index contributed by atoms with van der Waals surface area (Å²) in [6.45, 7) is 5.73. The average molecular weight is 716 g/mol. The van der Waals surface area contributed by atoms with Gasteiger partial charge in [0.15, 0.2) is 0 Å². The smallest absolute Gasteiger partial charge is 0.265 e. The molecule has 2 fully saturated rings. The third kappa shape index (κ3) is 7.21. The standard InChI is InChI=1S/C40H41N7O4S/c1-44-25-33(31-9-10-42-23-32(31)40(44)49)29-19-36(50-2)34(37(20-29)51-3)26-46-15-13-45(14-16-46)24-27-6-4-7-28(18-27)35-8-5-12-47(35)39(48)30(22-41)21-38-43-11-17-52-38/h4,6-7,9-11,17-21,23,25,35H,5,8,12-16,24,26H2,1-3H3/b30-21-. The van der Waals surface area contributed by atoms with Crippen LogP contribution < -0.4 is 15.0 Å². The first-order valence-corrected chi connectivity index (χ1v) is 18.3. The Morgan fingerprint density at radius 3 is 2.44 bits per heavy atom. The van der Waals surface area contributed by atoms with E-state index in [1.54, 1.807) is 50.5 Å². The van der Waals surface area contributed by atoms with Crippen LogP contribution in [0.15, 0.2) is 83.0 Å². The molecule has 7 rings (SSSR count). The van der Waals surface area contributed by atoms with Crippen LogP contribution in [0.1, 0.15) is 40.6 Å². The number of fused-ring (bicyclic) bond motifs is 1. The highest BCUT2D eigenvalue weighted by molar-refractivity contribution is 7.10. The van der Waals surface area contributed by atoms with Crippen LogP contribution in [0.2, 0.25) is 0 Å². The predicted molar refractivity (Wildman–Crippen MR) is 202 cm³/mol. The molecule has 12 heteroatoms. The molecule has 0 N–H and O–H groups in total. The number of benzene rings is 2. The van der Waals surface area contributed by atoms with E-state index in [1.165, 1.54) is 16.9 Å². The van der Waals surface area contributed by atoms with Gasteiger partial charge in [0.2, 0.25) is 0 Å². The van der Waals surface area contributed by atoms with E-state index in [9.17, 15) is 14.9 Å². The SMILES string of the molecule is COc1cc(-c2cn(C)c(=O)c3cnccc23)cc(OC)c1CN1CCN(Cc2cccc(C3CCCN3C(=O)/C(C#N)=C\c3nccs3)c2)CC1. The second-order valence-corrected chi connectivity index (χ2v) is 14.2. The van der Waals surface area contributed by atoms with Gasteiger partial charge in [0.25, 0.3) is 11.5 Å². The summed E-state index contributed by atoms with van der Waals surface area (Å²) in [5.41, 5.74) is 5.15. The molecule has 0 bridgehead atoms. The lowest BCUT2D eigenvalue weighted by Crippen LogP contribution is -2.45. The number of aryl methyl sites for hydroxylation is 1. The van der Waals surface area contributed by atoms with Gasteiger partial charge in [-0.3, -0.25) is 24.4 Å². The molecular weight excluding hydrogens is 675 g/mol. The number of hydrogen-bond donors (Lipinski definition) is 0. The average Bonchev–Trinajstić information content (AvgIpc) is 3.89. The van der Waals surface area contributed by atoms with E-state index >= 15 is 0 Å². The molecule has 1 atom stereocenters. The molecule has 11 nitrogen and oxygen atoms in total. The van der Waals surface area contributed by atoms with Crippen molar-refractivity contribution in [2.75, 3.05) is 46.9 Å². The number of thiazole rings is 1. The normalized spacial score (nSPS) is 17.0. The lowest BCUT2D eigenvalue weighted by Gasteiger charge is -2.35. The van der Waals surface area contributed by atoms with Gasteiger partial charge < -0.3 is 18.9 Å². The van der Waals surface area contributed by atoms with Crippen LogP contribution in [0, 0.1) is 11.3 Å². The summed E-state index contributed by atoms with van der Waals surface area (Å²) in [5, 5.41) is 13.7. The van der Waals surface area contributed by atoms with E-state index in [4.69, 9.17) is 9.47 Å². The highest BCUT2D eigenvalue weighted by Crippen LogP contribution is 2.38. The van der Waals surface area contributed by atoms with Gasteiger partial charge in [-0.15, -0.1) is 11.3 Å². The van der Waals surface area contributed by atoms with E-state index in [1.807, 2.05) is 34.7 Å². The van der Waals surface area contributed by atoms with Gasteiger partial charge in [-0.1, -0.05) is 24.3 Å². The Labute approximate surface area is 307 Å². The molecule has 52 heavy (non-hydrogen) atoms. The van der Waals surface area contributed by atoms with Gasteiger partial charge in [0.1, 0.15) is 28.1 Å². The number of ether oxygens (including phenoxy) is 2. The van der Waals surface area contributed by atoms with E-state index in [0.717, 1.165) is 84.7 Å². The van der Waals surface area contributed by atoms with E-state index in [-0.39, 0.29) is 23.1 Å². The minimum Gasteiger partial charge on any atom is -0.496 e. The Kier molecular flexibility index (Phi) is 10.4. The molecule has 266 valence electrons. The maximum atomic E-state index is 13.5. The Morgan fingerprint density at radius 2 is 1.75 bits per heavy atom. The van der Waals surface area contributed by atoms with Crippen LogP contribution in [0.3, 0.4) is 0 Å². The quantitative estimate of drug-likeness (QED) is 0.133. The van der Waals surface area contributed by atoms with Crippen LogP contribution in [0.5, 0.6) is 11.5 Å². The first-order valence-electron chi connectivity index (χ1n) is 17.4. The molecule has 0 saturated carbocycles. The fourth-order valence-corrected chi connectivity index (χ4v) is 7.97. The lowest BCUT2D eigenvalue weighted by atomic mass is 9.98. The number of carbonyl (C=O) groups excluding carboxylic acids is 1. The van der Waals surface area contributed by atoms with Gasteiger partial charge >= 0.3 is 0 Å². The van der Waals surface area contributed by atoms with E-state index in [0.29, 0.717) is 23.5 Å². The Hall–Kier alpha value is -5.35. The topological polar surface area (TPSA) is 117 Å². The maximum Gasteiger partial charge on any atom is 0.265 e. The lowest BCUT2D eigenvalue weighted by molar-refractivity contribution is -0.127. The zero-order valence-electron chi connectivity index (χ0n) is 29.6. The van der Waals surface area contributed by atoms with Crippen molar-refractivity contribution in [1.82, 2.24) is 29.2 Å². The highest BCUT2D eigenvalue weighted by Gasteiger charge is 2.32. The van der Waals surface area contributed by atoms with Crippen LogP contribution in [0.4, 0.5) is 0 Å². The number of piperazine rings is 1. The minimum atomic E-state index is -0.234. The van der Waals surface area contributed by atoms with Gasteiger partial charge in [-0.2, -0.15) is 5.26 Å². The minimum absolute atomic E-state index is 0.0572. The molecule has 0 radical (unpaired) electrons. The van der Waals surface area contributed by atoms with Gasteiger partial charge in [-0.05, 0) is 59.2 Å². The number of nitrogens with zero attached hydrogens (tertiary/aromatic N) is 7. The Morgan fingerprint density at radius 1 is 1.00 bits per heavy atom. The molecule has 0 spiro atoms. The summed E-state index contributed by atoms with van der Waals surface area (Å²) in [4.78, 5) is 41.4. The van der Waals surface area contributed by atoms with Crippen molar-refractivity contribution >= 4 is 34.1 Å². The van der Waals surface area contributed by atoms with Crippen LogP contribution >= 0.6 is 11.3 Å². The second-order valence-electron chi connectivity index (χ2n) is 13.2. The third-order valence-corrected chi connectivity index (χ3v) is 10.8. The van der Waals surface area contributed by atoms with Crippen molar-refractivity contribution in [3.63, 3.8) is 0 Å². The maximum absolute atomic E-state index is 13.5. The fourth-order valence-electron chi connectivity index (χ4n) is 7.41. The van der Waals surface area contributed by atoms with Gasteiger partial charge in [0.05, 0.1) is 31.2 Å². The van der Waals surface area contributed by atoms with E-state index < -0.39 is 0 Å². The summed E-state index contributed by atoms with van der Waals surface area (Å²) in [5.74, 6) is 1.25. The highest BCUT2D eigenvalue weighted by atomic mass is 32.1. The van der Waals surface area contributed by atoms with Crippen LogP contribution in [-0.4, -0.2) is 82.1 Å². The van der Waals surface area contributed by atoms with Crippen molar-refractivity contribution in [3.05, 3.63) is 110 Å². The van der Waals surface area contributed by atoms with Crippen molar-refractivity contribution in [2.45, 2.75) is 32.0 Å². The third-order valence-electron chi connectivity index (χ3n) is 10.1. The molecule has 1 amide bonds. The molecule has 2 saturated heterocycles. The molecule has 3 aromatic heterocycles. The molecule has 5 aromatic rings. The fraction of sp³-hybridized carbons (Fsp3) is 0.325. The van der Waals surface area contributed by atoms with Gasteiger partial charge in [-0.25, -0.2) is 4.98 Å². The largest absolute Gasteiger partial charge is 0.496 e. The van der Waals surface area contributed by atoms with Crippen molar-refractivity contribution in [3.8, 4) is 28.7 Å². The van der Waals surface area contributed by atoms with Crippen LogP contribution in [0.25, 0.3) is 28.0 Å². The molecule has 2 aliphatic heterocycles. The summed E-state index contributed by atoms with van der Waals surface area (Å²) in [7, 11) is 5.11. The molecule has 2 aliphatic rings. The van der Waals surface area contributed by atoms with Gasteiger partial charge in [0, 0.05) is 88.6 Å². The summed E-state index contributed by atoms with van der Waals surface area (Å²) in [6.07, 6.45) is 10.2. The number of rotatable bonds is 10. The number of amides is 1. The Bertz CT molecular complexity index is 2190. The summed E-state index contributed by atoms with van der Waals surface area (Å²) < 4.78 is 13.4. The predicted octanol–water partition coefficient (Wildman–Crippen LogP) is 5.66. The first kappa shape index (κ1) is 35.1. The molecular formula is C40H41N7O4S. The number of pyridine rings is 2. The number of likely N-dealkylation sites (tertiary alicyclic amines) is 1. The monoisotopic (exact) mass is 715 g/mol. The second kappa shape index (κ2) is 15.5. The number of aromatic nitrogens is 3. The van der Waals surface area contributed by atoms with E-state index in [2.05, 4.69) is 50.1 Å². The number of hydrogen-bond acceptors (Lipinski definition) is 10.